The van der Waals surface area contributed by atoms with Crippen LogP contribution in [0.2, 0.25) is 5.02 Å². The molecule has 1 aliphatic rings. The molecular formula is C13H18ClNO. The summed E-state index contributed by atoms with van der Waals surface area (Å²) in [7, 11) is 0. The highest BCUT2D eigenvalue weighted by Gasteiger charge is 2.31. The predicted octanol–water partition coefficient (Wildman–Crippen LogP) is 2.56. The van der Waals surface area contributed by atoms with E-state index >= 15 is 0 Å². The minimum absolute atomic E-state index is 0.148. The van der Waals surface area contributed by atoms with Gasteiger partial charge in [-0.05, 0) is 49.9 Å². The lowest BCUT2D eigenvalue weighted by atomic mass is 9.80. The average molecular weight is 240 g/mol. The molecule has 16 heavy (non-hydrogen) atoms. The third-order valence-corrected chi connectivity index (χ3v) is 3.65. The first-order valence-corrected chi connectivity index (χ1v) is 6.12. The van der Waals surface area contributed by atoms with Gasteiger partial charge in [-0.1, -0.05) is 23.7 Å². The summed E-state index contributed by atoms with van der Waals surface area (Å²) in [5.74, 6) is 0.497. The summed E-state index contributed by atoms with van der Waals surface area (Å²) in [5, 5.41) is 13.6. The van der Waals surface area contributed by atoms with Gasteiger partial charge in [-0.15, -0.1) is 0 Å². The van der Waals surface area contributed by atoms with Gasteiger partial charge in [-0.3, -0.25) is 0 Å². The summed E-state index contributed by atoms with van der Waals surface area (Å²) in [4.78, 5) is 0. The highest BCUT2D eigenvalue weighted by molar-refractivity contribution is 6.30. The zero-order valence-electron chi connectivity index (χ0n) is 9.54. The molecule has 0 aliphatic carbocycles. The smallest absolute Gasteiger partial charge is 0.0610 e. The first-order valence-electron chi connectivity index (χ1n) is 5.74. The summed E-state index contributed by atoms with van der Waals surface area (Å²) >= 11 is 6.00. The number of benzene rings is 1. The highest BCUT2D eigenvalue weighted by Crippen LogP contribution is 2.33. The summed E-state index contributed by atoms with van der Waals surface area (Å²) in [6.07, 6.45) is 2.07. The molecule has 2 N–H and O–H groups in total. The Balaban J connectivity index is 2.16. The molecule has 2 nitrogen and oxygen atoms in total. The third-order valence-electron chi connectivity index (χ3n) is 3.41. The van der Waals surface area contributed by atoms with Crippen LogP contribution in [0.4, 0.5) is 0 Å². The summed E-state index contributed by atoms with van der Waals surface area (Å²) in [6, 6.07) is 8.06. The van der Waals surface area contributed by atoms with Gasteiger partial charge in [0.05, 0.1) is 6.61 Å². The lowest BCUT2D eigenvalue weighted by Crippen LogP contribution is -2.50. The minimum atomic E-state index is -0.148. The van der Waals surface area contributed by atoms with Gasteiger partial charge in [0, 0.05) is 10.6 Å². The SMILES string of the molecule is CC1(CO)CC(c2cccc(Cl)c2)CCN1. The van der Waals surface area contributed by atoms with Gasteiger partial charge in [0.1, 0.15) is 0 Å². The van der Waals surface area contributed by atoms with E-state index in [1.807, 2.05) is 18.2 Å². The number of aliphatic hydroxyl groups is 1. The van der Waals surface area contributed by atoms with Gasteiger partial charge < -0.3 is 10.4 Å². The van der Waals surface area contributed by atoms with Crippen molar-refractivity contribution in [3.05, 3.63) is 34.9 Å². The molecule has 2 atom stereocenters. The van der Waals surface area contributed by atoms with Gasteiger partial charge in [-0.2, -0.15) is 0 Å². The van der Waals surface area contributed by atoms with Crippen molar-refractivity contribution < 1.29 is 5.11 Å². The molecule has 0 aromatic heterocycles. The molecule has 0 saturated carbocycles. The van der Waals surface area contributed by atoms with E-state index in [2.05, 4.69) is 18.3 Å². The van der Waals surface area contributed by atoms with Crippen LogP contribution >= 0.6 is 11.6 Å². The van der Waals surface area contributed by atoms with Gasteiger partial charge in [0.15, 0.2) is 0 Å². The van der Waals surface area contributed by atoms with Crippen LogP contribution in [0, 0.1) is 0 Å². The predicted molar refractivity (Wildman–Crippen MR) is 66.9 cm³/mol. The van der Waals surface area contributed by atoms with Crippen LogP contribution < -0.4 is 5.32 Å². The Labute approximate surface area is 102 Å². The molecule has 2 rings (SSSR count). The Morgan fingerprint density at radius 1 is 1.56 bits per heavy atom. The van der Waals surface area contributed by atoms with E-state index in [0.717, 1.165) is 24.4 Å². The van der Waals surface area contributed by atoms with Crippen LogP contribution in [0.15, 0.2) is 24.3 Å². The van der Waals surface area contributed by atoms with Crippen molar-refractivity contribution in [2.24, 2.45) is 0 Å². The second kappa shape index (κ2) is 4.74. The standard InChI is InChI=1S/C13H18ClNO/c1-13(9-16)8-11(5-6-15-13)10-3-2-4-12(14)7-10/h2-4,7,11,15-16H,5-6,8-9H2,1H3. The van der Waals surface area contributed by atoms with E-state index < -0.39 is 0 Å². The van der Waals surface area contributed by atoms with Gasteiger partial charge in [-0.25, -0.2) is 0 Å². The van der Waals surface area contributed by atoms with Crippen LogP contribution in [0.3, 0.4) is 0 Å². The molecular weight excluding hydrogens is 222 g/mol. The molecule has 1 aromatic rings. The van der Waals surface area contributed by atoms with Crippen molar-refractivity contribution in [1.29, 1.82) is 0 Å². The molecule has 1 heterocycles. The maximum absolute atomic E-state index is 9.38. The first-order chi connectivity index (χ1) is 7.63. The highest BCUT2D eigenvalue weighted by atomic mass is 35.5. The summed E-state index contributed by atoms with van der Waals surface area (Å²) in [6.45, 7) is 3.21. The molecule has 1 saturated heterocycles. The fourth-order valence-corrected chi connectivity index (χ4v) is 2.63. The van der Waals surface area contributed by atoms with Gasteiger partial charge >= 0.3 is 0 Å². The molecule has 0 radical (unpaired) electrons. The molecule has 0 spiro atoms. The monoisotopic (exact) mass is 239 g/mol. The van der Waals surface area contributed by atoms with Crippen molar-refractivity contribution in [3.8, 4) is 0 Å². The molecule has 1 aromatic carbocycles. The summed E-state index contributed by atoms with van der Waals surface area (Å²) < 4.78 is 0. The number of aliphatic hydroxyl groups excluding tert-OH is 1. The largest absolute Gasteiger partial charge is 0.394 e. The Hall–Kier alpha value is -0.570. The molecule has 2 unspecified atom stereocenters. The number of hydrogen-bond acceptors (Lipinski definition) is 2. The number of nitrogens with one attached hydrogen (secondary N) is 1. The molecule has 1 aliphatic heterocycles. The van der Waals surface area contributed by atoms with Gasteiger partial charge in [0.25, 0.3) is 0 Å². The zero-order valence-corrected chi connectivity index (χ0v) is 10.3. The Morgan fingerprint density at radius 3 is 3.06 bits per heavy atom. The minimum Gasteiger partial charge on any atom is -0.394 e. The second-order valence-electron chi connectivity index (χ2n) is 4.89. The fourth-order valence-electron chi connectivity index (χ4n) is 2.43. The Morgan fingerprint density at radius 2 is 2.38 bits per heavy atom. The first kappa shape index (κ1) is 11.9. The quantitative estimate of drug-likeness (QED) is 0.832. The second-order valence-corrected chi connectivity index (χ2v) is 5.33. The Bertz CT molecular complexity index is 369. The van der Waals surface area contributed by atoms with Crippen LogP contribution in [0.1, 0.15) is 31.2 Å². The zero-order chi connectivity index (χ0) is 11.6. The normalized spacial score (nSPS) is 30.3. The molecule has 3 heteroatoms. The molecule has 1 fully saturated rings. The maximum atomic E-state index is 9.38. The topological polar surface area (TPSA) is 32.3 Å². The Kier molecular flexibility index (Phi) is 3.53. The van der Waals surface area contributed by atoms with Gasteiger partial charge in [0.2, 0.25) is 0 Å². The van der Waals surface area contributed by atoms with Crippen LogP contribution in [0.5, 0.6) is 0 Å². The van der Waals surface area contributed by atoms with Crippen LogP contribution in [0.25, 0.3) is 0 Å². The van der Waals surface area contributed by atoms with E-state index in [4.69, 9.17) is 11.6 Å². The number of hydrogen-bond donors (Lipinski definition) is 2. The number of halogens is 1. The van der Waals surface area contributed by atoms with Crippen molar-refractivity contribution >= 4 is 11.6 Å². The lowest BCUT2D eigenvalue weighted by molar-refractivity contribution is 0.137. The van der Waals surface area contributed by atoms with E-state index in [1.165, 1.54) is 5.56 Å². The van der Waals surface area contributed by atoms with Crippen molar-refractivity contribution in [3.63, 3.8) is 0 Å². The maximum Gasteiger partial charge on any atom is 0.0610 e. The van der Waals surface area contributed by atoms with Crippen molar-refractivity contribution in [2.45, 2.75) is 31.2 Å². The van der Waals surface area contributed by atoms with E-state index in [-0.39, 0.29) is 12.1 Å². The van der Waals surface area contributed by atoms with Crippen LogP contribution in [-0.4, -0.2) is 23.8 Å². The van der Waals surface area contributed by atoms with Crippen LogP contribution in [-0.2, 0) is 0 Å². The number of piperidine rings is 1. The molecule has 0 amide bonds. The molecule has 0 bridgehead atoms. The number of rotatable bonds is 2. The summed E-state index contributed by atoms with van der Waals surface area (Å²) in [5.41, 5.74) is 1.14. The van der Waals surface area contributed by atoms with Crippen molar-refractivity contribution in [2.75, 3.05) is 13.2 Å². The third kappa shape index (κ3) is 2.57. The fraction of sp³-hybridized carbons (Fsp3) is 0.538. The average Bonchev–Trinajstić information content (AvgIpc) is 2.29. The lowest BCUT2D eigenvalue weighted by Gasteiger charge is -2.38. The van der Waals surface area contributed by atoms with E-state index in [9.17, 15) is 5.11 Å². The van der Waals surface area contributed by atoms with E-state index in [0.29, 0.717) is 5.92 Å². The van der Waals surface area contributed by atoms with Crippen molar-refractivity contribution in [1.82, 2.24) is 5.32 Å². The molecule has 88 valence electrons. The van der Waals surface area contributed by atoms with E-state index in [1.54, 1.807) is 0 Å².